The fourth-order valence-corrected chi connectivity index (χ4v) is 3.88. The number of aliphatic hydroxyl groups is 1. The van der Waals surface area contributed by atoms with Gasteiger partial charge in [0.25, 0.3) is 0 Å². The average molecular weight is 419 g/mol. The van der Waals surface area contributed by atoms with E-state index in [1.165, 1.54) is 0 Å². The molecular formula is C20H27ClN6O2. The van der Waals surface area contributed by atoms with Crippen molar-refractivity contribution < 1.29 is 9.84 Å². The molecule has 0 aliphatic carbocycles. The van der Waals surface area contributed by atoms with Crippen molar-refractivity contribution in [3.05, 3.63) is 34.9 Å². The number of halogens is 1. The number of benzene rings is 1. The number of hydrogen-bond donors (Lipinski definition) is 3. The Balaban J connectivity index is 1.65. The third kappa shape index (κ3) is 4.49. The van der Waals surface area contributed by atoms with E-state index in [1.54, 1.807) is 0 Å². The summed E-state index contributed by atoms with van der Waals surface area (Å²) < 4.78 is 5.46. The molecule has 0 bridgehead atoms. The van der Waals surface area contributed by atoms with E-state index in [-0.39, 0.29) is 0 Å². The molecule has 0 spiro atoms. The highest BCUT2D eigenvalue weighted by Gasteiger charge is 2.34. The summed E-state index contributed by atoms with van der Waals surface area (Å²) in [5, 5.41) is 14.4. The maximum atomic E-state index is 10.4. The summed E-state index contributed by atoms with van der Waals surface area (Å²) in [6, 6.07) is 7.68. The lowest BCUT2D eigenvalue weighted by Crippen LogP contribution is -2.38. The lowest BCUT2D eigenvalue weighted by molar-refractivity contribution is 0.0839. The van der Waals surface area contributed by atoms with Crippen molar-refractivity contribution in [3.8, 4) is 0 Å². The number of β-amino-alcohol motifs (C(OH)–C–C–N with tert-alkyl or cyclic N) is 1. The van der Waals surface area contributed by atoms with E-state index < -0.39 is 5.60 Å². The van der Waals surface area contributed by atoms with Crippen LogP contribution in [0.25, 0.3) is 0 Å². The standard InChI is InChI=1S/C20H27ClN6O2/c1-20(28)6-7-27(13-20)18-16(22)17(23-12-14-4-2-3-5-15(14)21)24-19(25-18)26-8-10-29-11-9-26/h2-5,28H,6-13,22H2,1H3,(H,23,24,25). The number of hydrogen-bond acceptors (Lipinski definition) is 8. The molecule has 9 heteroatoms. The summed E-state index contributed by atoms with van der Waals surface area (Å²) in [5.41, 5.74) is 7.16. The molecule has 2 saturated heterocycles. The minimum Gasteiger partial charge on any atom is -0.393 e. The summed E-state index contributed by atoms with van der Waals surface area (Å²) in [5.74, 6) is 1.84. The molecule has 0 amide bonds. The van der Waals surface area contributed by atoms with E-state index in [4.69, 9.17) is 32.0 Å². The smallest absolute Gasteiger partial charge is 0.229 e. The van der Waals surface area contributed by atoms with Crippen molar-refractivity contribution in [1.82, 2.24) is 9.97 Å². The fourth-order valence-electron chi connectivity index (χ4n) is 3.67. The predicted octanol–water partition coefficient (Wildman–Crippen LogP) is 2.12. The zero-order valence-corrected chi connectivity index (χ0v) is 17.3. The van der Waals surface area contributed by atoms with Crippen LogP contribution in [0.15, 0.2) is 24.3 Å². The number of ether oxygens (including phenoxy) is 1. The molecule has 0 saturated carbocycles. The van der Waals surface area contributed by atoms with Crippen LogP contribution in [0.4, 0.5) is 23.3 Å². The van der Waals surface area contributed by atoms with Gasteiger partial charge >= 0.3 is 0 Å². The minimum absolute atomic E-state index is 0.478. The Hall–Kier alpha value is -2.29. The van der Waals surface area contributed by atoms with Crippen molar-refractivity contribution in [2.45, 2.75) is 25.5 Å². The molecule has 4 N–H and O–H groups in total. The first-order valence-corrected chi connectivity index (χ1v) is 10.3. The monoisotopic (exact) mass is 418 g/mol. The number of rotatable bonds is 5. The van der Waals surface area contributed by atoms with Gasteiger partial charge in [-0.1, -0.05) is 29.8 Å². The molecule has 1 aromatic carbocycles. The second kappa shape index (κ2) is 8.22. The van der Waals surface area contributed by atoms with Crippen LogP contribution in [0, 0.1) is 0 Å². The van der Waals surface area contributed by atoms with Gasteiger partial charge in [-0.3, -0.25) is 0 Å². The zero-order valence-electron chi connectivity index (χ0n) is 16.6. The number of anilines is 4. The molecule has 0 radical (unpaired) electrons. The molecule has 4 rings (SSSR count). The van der Waals surface area contributed by atoms with Crippen LogP contribution >= 0.6 is 11.6 Å². The predicted molar refractivity (Wildman–Crippen MR) is 116 cm³/mol. The van der Waals surface area contributed by atoms with Gasteiger partial charge < -0.3 is 30.7 Å². The van der Waals surface area contributed by atoms with Crippen molar-refractivity contribution in [2.75, 3.05) is 60.2 Å². The number of morpholine rings is 1. The lowest BCUT2D eigenvalue weighted by atomic mass is 10.1. The van der Waals surface area contributed by atoms with Crippen LogP contribution in [0.1, 0.15) is 18.9 Å². The van der Waals surface area contributed by atoms with Crippen LogP contribution < -0.4 is 20.9 Å². The second-order valence-electron chi connectivity index (χ2n) is 7.82. The molecule has 156 valence electrons. The largest absolute Gasteiger partial charge is 0.393 e. The van der Waals surface area contributed by atoms with Crippen LogP contribution in [0.5, 0.6) is 0 Å². The van der Waals surface area contributed by atoms with Crippen molar-refractivity contribution in [1.29, 1.82) is 0 Å². The Morgan fingerprint density at radius 3 is 2.66 bits per heavy atom. The van der Waals surface area contributed by atoms with Crippen LogP contribution in [0.2, 0.25) is 5.02 Å². The molecule has 3 heterocycles. The van der Waals surface area contributed by atoms with Gasteiger partial charge in [-0.15, -0.1) is 0 Å². The summed E-state index contributed by atoms with van der Waals surface area (Å²) in [7, 11) is 0. The summed E-state index contributed by atoms with van der Waals surface area (Å²) >= 11 is 6.29. The Morgan fingerprint density at radius 2 is 1.97 bits per heavy atom. The van der Waals surface area contributed by atoms with Gasteiger partial charge in [0, 0.05) is 37.7 Å². The molecule has 1 atom stereocenters. The molecule has 29 heavy (non-hydrogen) atoms. The summed E-state index contributed by atoms with van der Waals surface area (Å²) in [6.45, 7) is 6.26. The maximum Gasteiger partial charge on any atom is 0.229 e. The number of aromatic nitrogens is 2. The van der Waals surface area contributed by atoms with E-state index >= 15 is 0 Å². The van der Waals surface area contributed by atoms with Crippen molar-refractivity contribution in [3.63, 3.8) is 0 Å². The van der Waals surface area contributed by atoms with Gasteiger partial charge in [-0.25, -0.2) is 0 Å². The number of nitrogens with one attached hydrogen (secondary N) is 1. The van der Waals surface area contributed by atoms with Gasteiger partial charge in [-0.05, 0) is 25.0 Å². The third-order valence-electron chi connectivity index (χ3n) is 5.36. The SMILES string of the molecule is CC1(O)CCN(c2nc(N3CCOCC3)nc(NCc3ccccc3Cl)c2N)C1. The molecular weight excluding hydrogens is 392 g/mol. The van der Waals surface area contributed by atoms with E-state index in [1.807, 2.05) is 36.1 Å². The van der Waals surface area contributed by atoms with Crippen LogP contribution in [-0.2, 0) is 11.3 Å². The van der Waals surface area contributed by atoms with Crippen molar-refractivity contribution >= 4 is 34.9 Å². The average Bonchev–Trinajstić information content (AvgIpc) is 3.08. The summed E-state index contributed by atoms with van der Waals surface area (Å²) in [6.07, 6.45) is 0.672. The van der Waals surface area contributed by atoms with E-state index in [2.05, 4.69) is 10.2 Å². The maximum absolute atomic E-state index is 10.4. The Kier molecular flexibility index (Phi) is 5.67. The first-order valence-electron chi connectivity index (χ1n) is 9.88. The number of nitrogen functional groups attached to an aromatic ring is 1. The first-order chi connectivity index (χ1) is 13.9. The minimum atomic E-state index is -0.748. The van der Waals surface area contributed by atoms with E-state index in [0.29, 0.717) is 67.6 Å². The molecule has 2 fully saturated rings. The first kappa shape index (κ1) is 20.0. The molecule has 2 aliphatic rings. The Labute approximate surface area is 175 Å². The number of nitrogens with two attached hydrogens (primary N) is 1. The van der Waals surface area contributed by atoms with E-state index in [9.17, 15) is 5.11 Å². The molecule has 8 nitrogen and oxygen atoms in total. The highest BCUT2D eigenvalue weighted by molar-refractivity contribution is 6.31. The second-order valence-corrected chi connectivity index (χ2v) is 8.23. The zero-order chi connectivity index (χ0) is 20.4. The molecule has 2 aromatic rings. The summed E-state index contributed by atoms with van der Waals surface area (Å²) in [4.78, 5) is 13.6. The Morgan fingerprint density at radius 1 is 1.21 bits per heavy atom. The third-order valence-corrected chi connectivity index (χ3v) is 5.73. The van der Waals surface area contributed by atoms with Crippen molar-refractivity contribution in [2.24, 2.45) is 0 Å². The van der Waals surface area contributed by atoms with Crippen LogP contribution in [-0.4, -0.2) is 60.1 Å². The lowest BCUT2D eigenvalue weighted by Gasteiger charge is -2.29. The Bertz CT molecular complexity index is 872. The van der Waals surface area contributed by atoms with Gasteiger partial charge in [0.1, 0.15) is 5.69 Å². The van der Waals surface area contributed by atoms with Gasteiger partial charge in [0.2, 0.25) is 5.95 Å². The van der Waals surface area contributed by atoms with Gasteiger partial charge in [-0.2, -0.15) is 9.97 Å². The fraction of sp³-hybridized carbons (Fsp3) is 0.500. The highest BCUT2D eigenvalue weighted by Crippen LogP contribution is 2.34. The molecule has 1 unspecified atom stereocenters. The van der Waals surface area contributed by atoms with E-state index in [0.717, 1.165) is 18.7 Å². The van der Waals surface area contributed by atoms with Gasteiger partial charge in [0.05, 0.1) is 18.8 Å². The number of nitrogens with zero attached hydrogens (tertiary/aromatic N) is 4. The topological polar surface area (TPSA) is 99.8 Å². The molecule has 2 aliphatic heterocycles. The highest BCUT2D eigenvalue weighted by atomic mass is 35.5. The normalized spacial score (nSPS) is 22.2. The van der Waals surface area contributed by atoms with Crippen LogP contribution in [0.3, 0.4) is 0 Å². The quantitative estimate of drug-likeness (QED) is 0.679. The van der Waals surface area contributed by atoms with Gasteiger partial charge in [0.15, 0.2) is 11.6 Å². The molecule has 1 aromatic heterocycles.